The Labute approximate surface area is 97.4 Å². The fraction of sp³-hybridized carbons (Fsp3) is 0.583. The topological polar surface area (TPSA) is 50.4 Å². The van der Waals surface area contributed by atoms with Gasteiger partial charge in [-0.25, -0.2) is 8.78 Å². The molecule has 1 N–H and O–H groups in total. The number of hydrogen-bond acceptors (Lipinski definition) is 2. The lowest BCUT2D eigenvalue weighted by Gasteiger charge is -2.36. The Morgan fingerprint density at radius 3 is 2.35 bits per heavy atom. The Bertz CT molecular complexity index is 427. The van der Waals surface area contributed by atoms with E-state index < -0.39 is 17.3 Å². The van der Waals surface area contributed by atoms with Gasteiger partial charge in [-0.05, 0) is 25.8 Å². The molecule has 1 aliphatic carbocycles. The Balaban J connectivity index is 2.37. The first kappa shape index (κ1) is 12.1. The van der Waals surface area contributed by atoms with Gasteiger partial charge < -0.3 is 9.52 Å². The van der Waals surface area contributed by atoms with Crippen LogP contribution in [0.2, 0.25) is 0 Å². The molecule has 0 unspecified atom stereocenters. The SMILES string of the molecule is Cc1occc1C1(C(=O)O)CCC(F)(F)CC1. The van der Waals surface area contributed by atoms with E-state index in [0.717, 1.165) is 0 Å². The van der Waals surface area contributed by atoms with Crippen molar-refractivity contribution in [2.45, 2.75) is 43.9 Å². The van der Waals surface area contributed by atoms with Crippen molar-refractivity contribution < 1.29 is 23.1 Å². The first-order chi connectivity index (χ1) is 7.87. The maximum atomic E-state index is 13.1. The van der Waals surface area contributed by atoms with Crippen LogP contribution in [0.3, 0.4) is 0 Å². The van der Waals surface area contributed by atoms with E-state index in [1.807, 2.05) is 0 Å². The van der Waals surface area contributed by atoms with Crippen molar-refractivity contribution in [1.29, 1.82) is 0 Å². The molecule has 0 atom stereocenters. The van der Waals surface area contributed by atoms with Gasteiger partial charge in [0, 0.05) is 18.4 Å². The van der Waals surface area contributed by atoms with E-state index in [-0.39, 0.29) is 25.7 Å². The van der Waals surface area contributed by atoms with Crippen LogP contribution < -0.4 is 0 Å². The third-order valence-electron chi connectivity index (χ3n) is 3.62. The zero-order valence-electron chi connectivity index (χ0n) is 9.50. The van der Waals surface area contributed by atoms with Crippen molar-refractivity contribution in [3.63, 3.8) is 0 Å². The lowest BCUT2D eigenvalue weighted by Crippen LogP contribution is -2.42. The van der Waals surface area contributed by atoms with Gasteiger partial charge in [0.25, 0.3) is 0 Å². The molecule has 5 heteroatoms. The van der Waals surface area contributed by atoms with E-state index in [1.54, 1.807) is 13.0 Å². The van der Waals surface area contributed by atoms with Crippen LogP contribution in [-0.4, -0.2) is 17.0 Å². The highest BCUT2D eigenvalue weighted by Crippen LogP contribution is 2.46. The van der Waals surface area contributed by atoms with Gasteiger partial charge in [-0.3, -0.25) is 4.79 Å². The van der Waals surface area contributed by atoms with Gasteiger partial charge in [-0.1, -0.05) is 0 Å². The number of carboxylic acids is 1. The van der Waals surface area contributed by atoms with Gasteiger partial charge in [0.1, 0.15) is 5.76 Å². The molecule has 2 rings (SSSR count). The number of furan rings is 1. The molecule has 0 saturated heterocycles. The first-order valence-corrected chi connectivity index (χ1v) is 5.53. The molecule has 1 saturated carbocycles. The van der Waals surface area contributed by atoms with E-state index in [0.29, 0.717) is 11.3 Å². The zero-order valence-corrected chi connectivity index (χ0v) is 9.50. The average molecular weight is 244 g/mol. The largest absolute Gasteiger partial charge is 0.481 e. The highest BCUT2D eigenvalue weighted by molar-refractivity contribution is 5.81. The molecule has 3 nitrogen and oxygen atoms in total. The molecular weight excluding hydrogens is 230 g/mol. The molecule has 1 aromatic heterocycles. The first-order valence-electron chi connectivity index (χ1n) is 5.53. The van der Waals surface area contributed by atoms with Gasteiger partial charge in [-0.15, -0.1) is 0 Å². The van der Waals surface area contributed by atoms with Crippen LogP contribution >= 0.6 is 0 Å². The normalized spacial score (nSPS) is 22.3. The molecule has 0 aromatic carbocycles. The summed E-state index contributed by atoms with van der Waals surface area (Å²) in [5.41, 5.74) is -0.681. The Morgan fingerprint density at radius 2 is 1.94 bits per heavy atom. The van der Waals surface area contributed by atoms with Crippen molar-refractivity contribution in [2.75, 3.05) is 0 Å². The molecule has 1 fully saturated rings. The lowest BCUT2D eigenvalue weighted by molar-refractivity contribution is -0.149. The minimum absolute atomic E-state index is 0.0459. The van der Waals surface area contributed by atoms with Gasteiger partial charge in [0.05, 0.1) is 11.7 Å². The molecule has 1 heterocycles. The van der Waals surface area contributed by atoms with Crippen LogP contribution in [0, 0.1) is 6.92 Å². The number of aliphatic carboxylic acids is 1. The maximum Gasteiger partial charge on any atom is 0.314 e. The van der Waals surface area contributed by atoms with Gasteiger partial charge >= 0.3 is 5.97 Å². The Kier molecular flexibility index (Phi) is 2.72. The second-order valence-corrected chi connectivity index (χ2v) is 4.63. The third kappa shape index (κ3) is 1.94. The van der Waals surface area contributed by atoms with Gasteiger partial charge in [0.2, 0.25) is 5.92 Å². The molecule has 0 bridgehead atoms. The minimum atomic E-state index is -2.74. The molecule has 94 valence electrons. The van der Waals surface area contributed by atoms with E-state index >= 15 is 0 Å². The van der Waals surface area contributed by atoms with E-state index in [9.17, 15) is 18.7 Å². The summed E-state index contributed by atoms with van der Waals surface area (Å²) >= 11 is 0. The summed E-state index contributed by atoms with van der Waals surface area (Å²) in [4.78, 5) is 11.5. The number of rotatable bonds is 2. The predicted molar refractivity (Wildman–Crippen MR) is 56.2 cm³/mol. The fourth-order valence-electron chi connectivity index (χ4n) is 2.52. The summed E-state index contributed by atoms with van der Waals surface area (Å²) in [7, 11) is 0. The van der Waals surface area contributed by atoms with Crippen LogP contribution in [0.1, 0.15) is 37.0 Å². The minimum Gasteiger partial charge on any atom is -0.481 e. The molecular formula is C12H14F2O3. The third-order valence-corrected chi connectivity index (χ3v) is 3.62. The summed E-state index contributed by atoms with van der Waals surface area (Å²) < 4.78 is 31.4. The lowest BCUT2D eigenvalue weighted by atomic mass is 9.68. The molecule has 0 radical (unpaired) electrons. The number of hydrogen-bond donors (Lipinski definition) is 1. The fourth-order valence-corrected chi connectivity index (χ4v) is 2.52. The molecule has 0 amide bonds. The predicted octanol–water partition coefficient (Wildman–Crippen LogP) is 3.12. The Hall–Kier alpha value is -1.39. The van der Waals surface area contributed by atoms with Crippen molar-refractivity contribution in [1.82, 2.24) is 0 Å². The number of carbonyl (C=O) groups is 1. The number of alkyl halides is 2. The van der Waals surface area contributed by atoms with Crippen LogP contribution in [0.25, 0.3) is 0 Å². The molecule has 1 aromatic rings. The standard InChI is InChI=1S/C12H14F2O3/c1-8-9(2-7-17-8)11(10(15)16)3-5-12(13,14)6-4-11/h2,7H,3-6H2,1H3,(H,15,16). The van der Waals surface area contributed by atoms with E-state index in [2.05, 4.69) is 0 Å². The van der Waals surface area contributed by atoms with Gasteiger partial charge in [-0.2, -0.15) is 0 Å². The maximum absolute atomic E-state index is 13.1. The monoisotopic (exact) mass is 244 g/mol. The smallest absolute Gasteiger partial charge is 0.314 e. The second-order valence-electron chi connectivity index (χ2n) is 4.63. The van der Waals surface area contributed by atoms with Crippen molar-refractivity contribution >= 4 is 5.97 Å². The quantitative estimate of drug-likeness (QED) is 0.869. The molecule has 0 aliphatic heterocycles. The van der Waals surface area contributed by atoms with Crippen LogP contribution in [0.15, 0.2) is 16.7 Å². The summed E-state index contributed by atoms with van der Waals surface area (Å²) in [5, 5.41) is 9.37. The van der Waals surface area contributed by atoms with E-state index in [1.165, 1.54) is 6.26 Å². The van der Waals surface area contributed by atoms with Crippen LogP contribution in [0.5, 0.6) is 0 Å². The number of halogens is 2. The second kappa shape index (κ2) is 3.82. The summed E-state index contributed by atoms with van der Waals surface area (Å²) in [5.74, 6) is -3.29. The van der Waals surface area contributed by atoms with Crippen molar-refractivity contribution in [3.8, 4) is 0 Å². The zero-order chi connectivity index (χ0) is 12.7. The van der Waals surface area contributed by atoms with Crippen LogP contribution in [-0.2, 0) is 10.2 Å². The summed E-state index contributed by atoms with van der Waals surface area (Å²) in [6, 6.07) is 1.58. The summed E-state index contributed by atoms with van der Waals surface area (Å²) in [6.45, 7) is 1.66. The van der Waals surface area contributed by atoms with Crippen LogP contribution in [0.4, 0.5) is 8.78 Å². The van der Waals surface area contributed by atoms with Gasteiger partial charge in [0.15, 0.2) is 0 Å². The molecule has 1 aliphatic rings. The average Bonchev–Trinajstić information content (AvgIpc) is 2.65. The number of carboxylic acid groups (broad SMARTS) is 1. The highest BCUT2D eigenvalue weighted by atomic mass is 19.3. The van der Waals surface area contributed by atoms with Crippen molar-refractivity contribution in [3.05, 3.63) is 23.7 Å². The molecule has 17 heavy (non-hydrogen) atoms. The summed E-state index contributed by atoms with van der Waals surface area (Å²) in [6.07, 6.45) is 0.543. The number of aryl methyl sites for hydroxylation is 1. The Morgan fingerprint density at radius 1 is 1.35 bits per heavy atom. The highest BCUT2D eigenvalue weighted by Gasteiger charge is 2.50. The van der Waals surface area contributed by atoms with E-state index in [4.69, 9.17) is 4.42 Å². The molecule has 0 spiro atoms. The van der Waals surface area contributed by atoms with Crippen molar-refractivity contribution in [2.24, 2.45) is 0 Å².